The Morgan fingerprint density at radius 2 is 1.88 bits per heavy atom. The summed E-state index contributed by atoms with van der Waals surface area (Å²) in [6.45, 7) is 2.98. The van der Waals surface area contributed by atoms with E-state index in [9.17, 15) is 0 Å². The van der Waals surface area contributed by atoms with Crippen LogP contribution < -0.4 is 5.73 Å². The fourth-order valence-corrected chi connectivity index (χ4v) is 4.02. The van der Waals surface area contributed by atoms with Crippen LogP contribution in [-0.4, -0.2) is 17.8 Å². The smallest absolute Gasteiger partial charge is 0.0508 e. The van der Waals surface area contributed by atoms with Gasteiger partial charge in [0.1, 0.15) is 0 Å². The van der Waals surface area contributed by atoms with E-state index in [0.717, 1.165) is 32.2 Å². The molecule has 3 N–H and O–H groups in total. The number of H-pyrrole nitrogens is 1. The van der Waals surface area contributed by atoms with Gasteiger partial charge in [-0.15, -0.1) is 11.8 Å². The third kappa shape index (κ3) is 3.24. The highest BCUT2D eigenvalue weighted by Crippen LogP contribution is 2.37. The standard InChI is InChI=1S/C21H26N2S/c1-3-15-9-8-12-16-17(10-6-7-14-22)21(23-20(15)16)18-11-4-5-13-19(18)24-2/h4-5,8-9,11-13,23H,3,6-7,10,14,22H2,1-2H3. The van der Waals surface area contributed by atoms with E-state index in [4.69, 9.17) is 5.73 Å². The number of aromatic nitrogens is 1. The fourth-order valence-electron chi connectivity index (χ4n) is 3.42. The Kier molecular flexibility index (Phi) is 5.64. The number of para-hydroxylation sites is 1. The molecule has 0 fully saturated rings. The highest BCUT2D eigenvalue weighted by molar-refractivity contribution is 7.98. The average molecular weight is 339 g/mol. The van der Waals surface area contributed by atoms with E-state index in [1.807, 2.05) is 11.8 Å². The van der Waals surface area contributed by atoms with Crippen molar-refractivity contribution in [3.05, 3.63) is 53.6 Å². The Morgan fingerprint density at radius 3 is 2.62 bits per heavy atom. The molecular weight excluding hydrogens is 312 g/mol. The molecule has 3 rings (SSSR count). The Morgan fingerprint density at radius 1 is 1.04 bits per heavy atom. The molecule has 1 heterocycles. The maximum Gasteiger partial charge on any atom is 0.0508 e. The summed E-state index contributed by atoms with van der Waals surface area (Å²) >= 11 is 1.81. The molecule has 3 aromatic rings. The second kappa shape index (κ2) is 7.91. The molecule has 2 aromatic carbocycles. The number of rotatable bonds is 7. The summed E-state index contributed by atoms with van der Waals surface area (Å²) in [4.78, 5) is 5.08. The molecular formula is C21H26N2S. The van der Waals surface area contributed by atoms with Crippen LogP contribution >= 0.6 is 11.8 Å². The number of aromatic amines is 1. The fraction of sp³-hybridized carbons (Fsp3) is 0.333. The van der Waals surface area contributed by atoms with Gasteiger partial charge in [-0.3, -0.25) is 0 Å². The molecule has 2 nitrogen and oxygen atoms in total. The number of fused-ring (bicyclic) bond motifs is 1. The number of benzene rings is 2. The lowest BCUT2D eigenvalue weighted by Gasteiger charge is -2.09. The zero-order chi connectivity index (χ0) is 16.9. The molecule has 0 radical (unpaired) electrons. The Hall–Kier alpha value is -1.71. The van der Waals surface area contributed by atoms with Crippen LogP contribution in [0.1, 0.15) is 30.9 Å². The van der Waals surface area contributed by atoms with Gasteiger partial charge in [0.2, 0.25) is 0 Å². The van der Waals surface area contributed by atoms with E-state index < -0.39 is 0 Å². The molecule has 0 saturated heterocycles. The van der Waals surface area contributed by atoms with Crippen LogP contribution in [0, 0.1) is 0 Å². The molecule has 0 atom stereocenters. The van der Waals surface area contributed by atoms with Crippen molar-refractivity contribution in [1.82, 2.24) is 4.98 Å². The summed E-state index contributed by atoms with van der Waals surface area (Å²) in [6.07, 6.45) is 6.47. The lowest BCUT2D eigenvalue weighted by Crippen LogP contribution is -1.99. The van der Waals surface area contributed by atoms with Crippen molar-refractivity contribution in [2.75, 3.05) is 12.8 Å². The summed E-state index contributed by atoms with van der Waals surface area (Å²) in [5, 5.41) is 1.37. The van der Waals surface area contributed by atoms with Gasteiger partial charge in [0, 0.05) is 21.4 Å². The van der Waals surface area contributed by atoms with Crippen molar-refractivity contribution in [2.45, 2.75) is 37.5 Å². The van der Waals surface area contributed by atoms with Crippen LogP contribution in [0.2, 0.25) is 0 Å². The van der Waals surface area contributed by atoms with E-state index in [0.29, 0.717) is 0 Å². The van der Waals surface area contributed by atoms with Crippen molar-refractivity contribution in [3.63, 3.8) is 0 Å². The molecule has 0 aliphatic rings. The van der Waals surface area contributed by atoms with Crippen LogP contribution in [0.4, 0.5) is 0 Å². The van der Waals surface area contributed by atoms with Crippen LogP contribution in [0.3, 0.4) is 0 Å². The first-order chi connectivity index (χ1) is 11.8. The Balaban J connectivity index is 2.19. The topological polar surface area (TPSA) is 41.8 Å². The number of unbranched alkanes of at least 4 members (excludes halogenated alkanes) is 1. The third-order valence-electron chi connectivity index (χ3n) is 4.67. The van der Waals surface area contributed by atoms with E-state index in [-0.39, 0.29) is 0 Å². The summed E-state index contributed by atoms with van der Waals surface area (Å²) in [6, 6.07) is 15.4. The van der Waals surface area contributed by atoms with Gasteiger partial charge in [0.05, 0.1) is 5.69 Å². The first-order valence-electron chi connectivity index (χ1n) is 8.76. The predicted molar refractivity (Wildman–Crippen MR) is 107 cm³/mol. The maximum absolute atomic E-state index is 5.71. The minimum atomic E-state index is 0.763. The number of aryl methyl sites for hydroxylation is 2. The van der Waals surface area contributed by atoms with Crippen LogP contribution in [-0.2, 0) is 12.8 Å². The van der Waals surface area contributed by atoms with Crippen molar-refractivity contribution in [1.29, 1.82) is 0 Å². The predicted octanol–water partition coefficient (Wildman–Crippen LogP) is 5.40. The van der Waals surface area contributed by atoms with Gasteiger partial charge >= 0.3 is 0 Å². The van der Waals surface area contributed by atoms with Crippen molar-refractivity contribution < 1.29 is 0 Å². The summed E-state index contributed by atoms with van der Waals surface area (Å²) in [7, 11) is 0. The summed E-state index contributed by atoms with van der Waals surface area (Å²) in [5.74, 6) is 0. The van der Waals surface area contributed by atoms with Gasteiger partial charge in [-0.05, 0) is 55.7 Å². The van der Waals surface area contributed by atoms with Gasteiger partial charge in [0.15, 0.2) is 0 Å². The van der Waals surface area contributed by atoms with Crippen LogP contribution in [0.25, 0.3) is 22.2 Å². The Bertz CT molecular complexity index is 820. The van der Waals surface area contributed by atoms with Crippen LogP contribution in [0.15, 0.2) is 47.4 Å². The molecule has 0 unspecified atom stereocenters. The monoisotopic (exact) mass is 338 g/mol. The maximum atomic E-state index is 5.71. The van der Waals surface area contributed by atoms with Gasteiger partial charge in [-0.2, -0.15) is 0 Å². The zero-order valence-electron chi connectivity index (χ0n) is 14.6. The first kappa shape index (κ1) is 17.1. The van der Waals surface area contributed by atoms with Gasteiger partial charge in [0.25, 0.3) is 0 Å². The van der Waals surface area contributed by atoms with E-state index in [1.165, 1.54) is 38.2 Å². The number of thioether (sulfide) groups is 1. The highest BCUT2D eigenvalue weighted by Gasteiger charge is 2.16. The third-order valence-corrected chi connectivity index (χ3v) is 5.46. The second-order valence-electron chi connectivity index (χ2n) is 6.12. The van der Waals surface area contributed by atoms with Crippen molar-refractivity contribution >= 4 is 22.7 Å². The SMILES string of the molecule is CCc1cccc2c(CCCCN)c(-c3ccccc3SC)[nH]c12. The molecule has 0 saturated carbocycles. The van der Waals surface area contributed by atoms with Gasteiger partial charge in [-0.1, -0.05) is 43.3 Å². The van der Waals surface area contributed by atoms with Gasteiger partial charge < -0.3 is 10.7 Å². The highest BCUT2D eigenvalue weighted by atomic mass is 32.2. The van der Waals surface area contributed by atoms with Crippen molar-refractivity contribution in [2.24, 2.45) is 5.73 Å². The molecule has 0 aliphatic carbocycles. The molecule has 126 valence electrons. The number of hydrogen-bond acceptors (Lipinski definition) is 2. The van der Waals surface area contributed by atoms with E-state index in [2.05, 4.69) is 60.6 Å². The number of nitrogens with one attached hydrogen (secondary N) is 1. The molecule has 1 aromatic heterocycles. The van der Waals surface area contributed by atoms with E-state index in [1.54, 1.807) is 0 Å². The molecule has 0 amide bonds. The number of nitrogens with two attached hydrogens (primary N) is 1. The second-order valence-corrected chi connectivity index (χ2v) is 6.97. The van der Waals surface area contributed by atoms with Crippen LogP contribution in [0.5, 0.6) is 0 Å². The average Bonchev–Trinajstić information content (AvgIpc) is 3.00. The zero-order valence-corrected chi connectivity index (χ0v) is 15.4. The van der Waals surface area contributed by atoms with Gasteiger partial charge in [-0.25, -0.2) is 0 Å². The minimum Gasteiger partial charge on any atom is -0.354 e. The minimum absolute atomic E-state index is 0.763. The number of hydrogen-bond donors (Lipinski definition) is 2. The lowest BCUT2D eigenvalue weighted by atomic mass is 9.99. The molecule has 0 aliphatic heterocycles. The Labute approximate surface area is 148 Å². The largest absolute Gasteiger partial charge is 0.354 e. The molecule has 24 heavy (non-hydrogen) atoms. The van der Waals surface area contributed by atoms with E-state index >= 15 is 0 Å². The molecule has 0 spiro atoms. The van der Waals surface area contributed by atoms with Crippen molar-refractivity contribution in [3.8, 4) is 11.3 Å². The summed E-state index contributed by atoms with van der Waals surface area (Å²) in [5.41, 5.74) is 12.4. The molecule has 3 heteroatoms. The normalized spacial score (nSPS) is 11.3. The quantitative estimate of drug-likeness (QED) is 0.447. The summed E-state index contributed by atoms with van der Waals surface area (Å²) < 4.78 is 0. The first-order valence-corrected chi connectivity index (χ1v) is 9.98. The molecule has 0 bridgehead atoms. The lowest BCUT2D eigenvalue weighted by molar-refractivity contribution is 0.748.